The number of sulfonamides is 1. The number of amides is 1. The van der Waals surface area contributed by atoms with Crippen LogP contribution in [0.3, 0.4) is 0 Å². The molecular formula is C22H25N5O3S. The zero-order chi connectivity index (χ0) is 22.2. The average Bonchev–Trinajstić information content (AvgIpc) is 3.50. The van der Waals surface area contributed by atoms with E-state index in [0.29, 0.717) is 23.0 Å². The first kappa shape index (κ1) is 21.2. The quantitative estimate of drug-likeness (QED) is 0.584. The van der Waals surface area contributed by atoms with E-state index < -0.39 is 10.0 Å². The molecule has 1 aromatic heterocycles. The van der Waals surface area contributed by atoms with E-state index in [9.17, 15) is 13.2 Å². The molecule has 0 unspecified atom stereocenters. The van der Waals surface area contributed by atoms with Gasteiger partial charge in [0.2, 0.25) is 10.0 Å². The maximum absolute atomic E-state index is 12.6. The summed E-state index contributed by atoms with van der Waals surface area (Å²) >= 11 is 0. The van der Waals surface area contributed by atoms with Crippen molar-refractivity contribution < 1.29 is 13.2 Å². The molecule has 8 nitrogen and oxygen atoms in total. The van der Waals surface area contributed by atoms with Crippen LogP contribution in [0.2, 0.25) is 0 Å². The molecule has 2 aromatic carbocycles. The van der Waals surface area contributed by atoms with Crippen LogP contribution >= 0.6 is 0 Å². The highest BCUT2D eigenvalue weighted by Gasteiger charge is 2.27. The lowest BCUT2D eigenvalue weighted by molar-refractivity contribution is 0.102. The fraction of sp³-hybridized carbons (Fsp3) is 0.318. The van der Waals surface area contributed by atoms with Gasteiger partial charge in [0.05, 0.1) is 4.90 Å². The minimum absolute atomic E-state index is 0.154. The van der Waals surface area contributed by atoms with Gasteiger partial charge >= 0.3 is 0 Å². The Labute approximate surface area is 181 Å². The van der Waals surface area contributed by atoms with Crippen molar-refractivity contribution in [2.45, 2.75) is 43.5 Å². The zero-order valence-corrected chi connectivity index (χ0v) is 18.5. The van der Waals surface area contributed by atoms with Gasteiger partial charge < -0.3 is 5.32 Å². The largest absolute Gasteiger partial charge is 0.322 e. The van der Waals surface area contributed by atoms with Gasteiger partial charge in [0.15, 0.2) is 5.82 Å². The smallest absolute Gasteiger partial charge is 0.255 e. The lowest BCUT2D eigenvalue weighted by atomic mass is 10.1. The van der Waals surface area contributed by atoms with Crippen LogP contribution < -0.4 is 5.32 Å². The topological polar surface area (TPSA) is 108 Å². The second-order valence-electron chi connectivity index (χ2n) is 7.99. The van der Waals surface area contributed by atoms with Gasteiger partial charge in [-0.1, -0.05) is 0 Å². The number of hydrogen-bond acceptors (Lipinski definition) is 5. The lowest BCUT2D eigenvalue weighted by Crippen LogP contribution is -2.33. The maximum Gasteiger partial charge on any atom is 0.255 e. The first-order chi connectivity index (χ1) is 14.8. The van der Waals surface area contributed by atoms with Crippen LogP contribution in [-0.2, 0) is 10.0 Å². The predicted molar refractivity (Wildman–Crippen MR) is 118 cm³/mol. The molecule has 1 aliphatic carbocycles. The van der Waals surface area contributed by atoms with Crippen molar-refractivity contribution in [3.8, 4) is 11.4 Å². The highest BCUT2D eigenvalue weighted by atomic mass is 32.2. The van der Waals surface area contributed by atoms with Gasteiger partial charge in [-0.15, -0.1) is 0 Å². The van der Waals surface area contributed by atoms with Crippen molar-refractivity contribution in [1.29, 1.82) is 0 Å². The highest BCUT2D eigenvalue weighted by Crippen LogP contribution is 2.38. The van der Waals surface area contributed by atoms with Crippen LogP contribution in [0.15, 0.2) is 53.4 Å². The van der Waals surface area contributed by atoms with Gasteiger partial charge in [-0.2, -0.15) is 9.40 Å². The van der Waals surface area contributed by atoms with Gasteiger partial charge in [-0.3, -0.25) is 9.89 Å². The summed E-state index contributed by atoms with van der Waals surface area (Å²) in [6, 6.07) is 13.1. The third-order valence-electron chi connectivity index (χ3n) is 5.39. The summed E-state index contributed by atoms with van der Waals surface area (Å²) in [7, 11) is -2.05. The molecule has 31 heavy (non-hydrogen) atoms. The Bertz CT molecular complexity index is 1180. The second kappa shape index (κ2) is 8.24. The maximum atomic E-state index is 12.6. The van der Waals surface area contributed by atoms with E-state index in [1.54, 1.807) is 26.0 Å². The highest BCUT2D eigenvalue weighted by molar-refractivity contribution is 7.89. The Balaban J connectivity index is 1.43. The van der Waals surface area contributed by atoms with Crippen LogP contribution in [0, 0.1) is 0 Å². The minimum atomic E-state index is -3.58. The molecule has 162 valence electrons. The van der Waals surface area contributed by atoms with Gasteiger partial charge in [0, 0.05) is 35.8 Å². The minimum Gasteiger partial charge on any atom is -0.322 e. The van der Waals surface area contributed by atoms with Gasteiger partial charge in [0.1, 0.15) is 5.82 Å². The molecule has 0 spiro atoms. The average molecular weight is 440 g/mol. The number of carbonyl (C=O) groups excluding carboxylic acids is 1. The number of anilines is 1. The van der Waals surface area contributed by atoms with E-state index in [1.807, 2.05) is 12.1 Å². The number of benzene rings is 2. The summed E-state index contributed by atoms with van der Waals surface area (Å²) in [6.07, 6.45) is 2.31. The van der Waals surface area contributed by atoms with Crippen LogP contribution in [0.25, 0.3) is 11.4 Å². The van der Waals surface area contributed by atoms with Crippen molar-refractivity contribution in [2.75, 3.05) is 12.4 Å². The number of carbonyl (C=O) groups is 1. The SMILES string of the molecule is CC(C)N(C)S(=O)(=O)c1ccc(C(=O)Nc2ccc(-c3n[nH]c(C4CC4)n3)cc2)cc1. The number of H-pyrrole nitrogens is 1. The molecule has 0 aliphatic heterocycles. The van der Waals surface area contributed by atoms with Crippen molar-refractivity contribution in [3.63, 3.8) is 0 Å². The van der Waals surface area contributed by atoms with Crippen LogP contribution in [0.1, 0.15) is 48.8 Å². The monoisotopic (exact) mass is 439 g/mol. The molecule has 0 radical (unpaired) electrons. The van der Waals surface area contributed by atoms with Crippen LogP contribution in [-0.4, -0.2) is 46.9 Å². The number of nitrogens with one attached hydrogen (secondary N) is 2. The van der Waals surface area contributed by atoms with Crippen LogP contribution in [0.5, 0.6) is 0 Å². The molecule has 1 fully saturated rings. The molecule has 1 amide bonds. The van der Waals surface area contributed by atoms with Crippen molar-refractivity contribution in [2.24, 2.45) is 0 Å². The Kier molecular flexibility index (Phi) is 5.63. The molecule has 4 rings (SSSR count). The van der Waals surface area contributed by atoms with E-state index in [0.717, 1.165) is 24.2 Å². The Morgan fingerprint density at radius 1 is 1.10 bits per heavy atom. The predicted octanol–water partition coefficient (Wildman–Crippen LogP) is 3.63. The molecule has 2 N–H and O–H groups in total. The number of aromatic amines is 1. The van der Waals surface area contributed by atoms with Gasteiger partial charge in [-0.05, 0) is 75.2 Å². The summed E-state index contributed by atoms with van der Waals surface area (Å²) in [5.74, 6) is 1.76. The third-order valence-corrected chi connectivity index (χ3v) is 7.44. The standard InChI is InChI=1S/C22H25N5O3S/c1-14(2)27(3)31(29,30)19-12-8-17(9-13-19)22(28)23-18-10-6-16(7-11-18)21-24-20(25-26-21)15-4-5-15/h6-15H,4-5H2,1-3H3,(H,23,28)(H,24,25,26). The van der Waals surface area contributed by atoms with Crippen LogP contribution in [0.4, 0.5) is 5.69 Å². The molecular weight excluding hydrogens is 414 g/mol. The van der Waals surface area contributed by atoms with Crippen molar-refractivity contribution in [1.82, 2.24) is 19.5 Å². The Morgan fingerprint density at radius 2 is 1.74 bits per heavy atom. The molecule has 0 bridgehead atoms. The summed E-state index contributed by atoms with van der Waals surface area (Å²) < 4.78 is 26.4. The number of rotatable bonds is 7. The van der Waals surface area contributed by atoms with Gasteiger partial charge in [0.25, 0.3) is 5.91 Å². The zero-order valence-electron chi connectivity index (χ0n) is 17.7. The number of hydrogen-bond donors (Lipinski definition) is 2. The second-order valence-corrected chi connectivity index (χ2v) is 9.99. The first-order valence-electron chi connectivity index (χ1n) is 10.2. The van der Waals surface area contributed by atoms with E-state index in [-0.39, 0.29) is 16.8 Å². The van der Waals surface area contributed by atoms with E-state index in [2.05, 4.69) is 20.5 Å². The molecule has 0 saturated heterocycles. The van der Waals surface area contributed by atoms with Crippen molar-refractivity contribution in [3.05, 3.63) is 59.9 Å². The van der Waals surface area contributed by atoms with Crippen molar-refractivity contribution >= 4 is 21.6 Å². The normalized spacial score (nSPS) is 14.2. The molecule has 1 heterocycles. The van der Waals surface area contributed by atoms with E-state index in [4.69, 9.17) is 0 Å². The molecule has 0 atom stereocenters. The number of aromatic nitrogens is 3. The fourth-order valence-corrected chi connectivity index (χ4v) is 4.44. The molecule has 1 aliphatic rings. The summed E-state index contributed by atoms with van der Waals surface area (Å²) in [5.41, 5.74) is 1.87. The number of nitrogens with zero attached hydrogens (tertiary/aromatic N) is 3. The Morgan fingerprint density at radius 3 is 2.32 bits per heavy atom. The van der Waals surface area contributed by atoms with E-state index >= 15 is 0 Å². The van der Waals surface area contributed by atoms with E-state index in [1.165, 1.54) is 35.6 Å². The summed E-state index contributed by atoms with van der Waals surface area (Å²) in [5, 5.41) is 10.1. The lowest BCUT2D eigenvalue weighted by Gasteiger charge is -2.21. The molecule has 1 saturated carbocycles. The molecule has 3 aromatic rings. The molecule has 9 heteroatoms. The summed E-state index contributed by atoms with van der Waals surface area (Å²) in [6.45, 7) is 3.61. The fourth-order valence-electron chi connectivity index (χ4n) is 3.07. The van der Waals surface area contributed by atoms with Gasteiger partial charge in [-0.25, -0.2) is 13.4 Å². The third kappa shape index (κ3) is 4.52. The first-order valence-corrected chi connectivity index (χ1v) is 11.6. The Hall–Kier alpha value is -3.04. The summed E-state index contributed by atoms with van der Waals surface area (Å²) in [4.78, 5) is 17.2.